The number of benzene rings is 1. The minimum atomic E-state index is -3.72. The summed E-state index contributed by atoms with van der Waals surface area (Å²) in [6.45, 7) is 3.48. The maximum atomic E-state index is 11.8. The molecule has 1 aromatic rings. The third kappa shape index (κ3) is 2.57. The molecular weight excluding hydrogens is 278 g/mol. The number of hydrogen-bond donors (Lipinski definition) is 3. The van der Waals surface area contributed by atoms with Crippen molar-refractivity contribution in [3.8, 4) is 0 Å². The van der Waals surface area contributed by atoms with Gasteiger partial charge in [0.2, 0.25) is 10.0 Å². The number of sulfonamides is 2. The van der Waals surface area contributed by atoms with Gasteiger partial charge < -0.3 is 5.32 Å². The maximum Gasteiger partial charge on any atom is 0.265 e. The van der Waals surface area contributed by atoms with Gasteiger partial charge in [0, 0.05) is 5.69 Å². The molecule has 0 unspecified atom stereocenters. The Kier molecular flexibility index (Phi) is 2.74. The van der Waals surface area contributed by atoms with E-state index in [0.29, 0.717) is 5.69 Å². The fourth-order valence-electron chi connectivity index (χ4n) is 1.53. The lowest BCUT2D eigenvalue weighted by atomic mass is 10.3. The lowest BCUT2D eigenvalue weighted by Gasteiger charge is -2.22. The Balaban J connectivity index is 2.53. The van der Waals surface area contributed by atoms with Gasteiger partial charge in [-0.25, -0.2) is 16.8 Å². The summed E-state index contributed by atoms with van der Waals surface area (Å²) in [5.41, 5.74) is 0.522. The average Bonchev–Trinajstić information content (AvgIpc) is 2.15. The molecule has 1 heterocycles. The van der Waals surface area contributed by atoms with E-state index in [2.05, 4.69) is 21.3 Å². The summed E-state index contributed by atoms with van der Waals surface area (Å²) in [4.78, 5) is -0.0384. The van der Waals surface area contributed by atoms with E-state index in [1.54, 1.807) is 0 Å². The van der Waals surface area contributed by atoms with Gasteiger partial charge in [-0.2, -0.15) is 0 Å². The Labute approximate surface area is 105 Å². The molecule has 0 atom stereocenters. The van der Waals surface area contributed by atoms with Crippen LogP contribution in [0, 0.1) is 0 Å². The van der Waals surface area contributed by atoms with E-state index in [0.717, 1.165) is 6.26 Å². The van der Waals surface area contributed by atoms with E-state index in [1.807, 2.05) is 0 Å². The monoisotopic (exact) mass is 289 g/mol. The van der Waals surface area contributed by atoms with Gasteiger partial charge in [0.05, 0.1) is 11.9 Å². The fourth-order valence-corrected chi connectivity index (χ4v) is 3.26. The zero-order valence-electron chi connectivity index (χ0n) is 9.39. The van der Waals surface area contributed by atoms with Crippen molar-refractivity contribution in [3.05, 3.63) is 30.6 Å². The molecule has 2 rings (SSSR count). The summed E-state index contributed by atoms with van der Waals surface area (Å²) >= 11 is 0. The predicted molar refractivity (Wildman–Crippen MR) is 68.0 cm³/mol. The first-order valence-electron chi connectivity index (χ1n) is 4.78. The van der Waals surface area contributed by atoms with Crippen molar-refractivity contribution >= 4 is 31.4 Å². The lowest BCUT2D eigenvalue weighted by molar-refractivity contribution is 0.587. The summed E-state index contributed by atoms with van der Waals surface area (Å²) in [5.74, 6) is 0.145. The van der Waals surface area contributed by atoms with Crippen molar-refractivity contribution in [1.29, 1.82) is 0 Å². The molecule has 9 heteroatoms. The van der Waals surface area contributed by atoms with E-state index in [1.165, 1.54) is 18.2 Å². The molecule has 1 aliphatic heterocycles. The summed E-state index contributed by atoms with van der Waals surface area (Å²) in [5, 5.41) is 2.74. The second-order valence-electron chi connectivity index (χ2n) is 3.79. The highest BCUT2D eigenvalue weighted by Gasteiger charge is 2.25. The largest absolute Gasteiger partial charge is 0.341 e. The Bertz CT molecular complexity index is 722. The number of hydrogen-bond acceptors (Lipinski definition) is 5. The number of rotatable bonds is 2. The molecule has 0 saturated heterocycles. The van der Waals surface area contributed by atoms with Crippen molar-refractivity contribution in [2.75, 3.05) is 16.3 Å². The van der Waals surface area contributed by atoms with Crippen LogP contribution < -0.4 is 14.8 Å². The van der Waals surface area contributed by atoms with Gasteiger partial charge >= 0.3 is 0 Å². The number of fused-ring (bicyclic) bond motifs is 1. The van der Waals surface area contributed by atoms with Crippen LogP contribution in [0.1, 0.15) is 0 Å². The second kappa shape index (κ2) is 3.89. The normalized spacial score (nSPS) is 17.3. The molecule has 98 valence electrons. The summed E-state index contributed by atoms with van der Waals surface area (Å²) in [7, 11) is -7.17. The van der Waals surface area contributed by atoms with Gasteiger partial charge in [0.1, 0.15) is 10.7 Å². The SMILES string of the molecule is C=C1Nc2ccc(NS(C)(=O)=O)cc2S(=O)(=O)N1. The van der Waals surface area contributed by atoms with Crippen LogP contribution in [-0.4, -0.2) is 23.1 Å². The topological polar surface area (TPSA) is 104 Å². The molecule has 0 bridgehead atoms. The molecule has 3 N–H and O–H groups in total. The zero-order chi connectivity index (χ0) is 13.6. The molecule has 0 spiro atoms. The third-order valence-electron chi connectivity index (χ3n) is 2.12. The highest BCUT2D eigenvalue weighted by atomic mass is 32.2. The van der Waals surface area contributed by atoms with Crippen LogP contribution in [0.4, 0.5) is 11.4 Å². The van der Waals surface area contributed by atoms with Crippen molar-refractivity contribution in [1.82, 2.24) is 4.72 Å². The Morgan fingerprint density at radius 1 is 1.33 bits per heavy atom. The maximum absolute atomic E-state index is 11.8. The number of nitrogens with one attached hydrogen (secondary N) is 3. The van der Waals surface area contributed by atoms with Crippen molar-refractivity contribution < 1.29 is 16.8 Å². The molecule has 0 aliphatic carbocycles. The molecule has 0 aromatic heterocycles. The molecule has 0 saturated carbocycles. The van der Waals surface area contributed by atoms with Crippen LogP contribution >= 0.6 is 0 Å². The van der Waals surface area contributed by atoms with Crippen LogP contribution in [0.15, 0.2) is 35.5 Å². The molecule has 0 amide bonds. The van der Waals surface area contributed by atoms with E-state index in [4.69, 9.17) is 0 Å². The van der Waals surface area contributed by atoms with Gasteiger partial charge in [-0.1, -0.05) is 6.58 Å². The first kappa shape index (κ1) is 12.7. The van der Waals surface area contributed by atoms with Crippen molar-refractivity contribution in [2.45, 2.75) is 4.90 Å². The first-order valence-corrected chi connectivity index (χ1v) is 8.15. The minimum Gasteiger partial charge on any atom is -0.341 e. The second-order valence-corrected chi connectivity index (χ2v) is 7.19. The van der Waals surface area contributed by atoms with E-state index >= 15 is 0 Å². The smallest absolute Gasteiger partial charge is 0.265 e. The Hall–Kier alpha value is -1.74. The average molecular weight is 289 g/mol. The first-order chi connectivity index (χ1) is 8.17. The van der Waals surface area contributed by atoms with E-state index < -0.39 is 20.0 Å². The van der Waals surface area contributed by atoms with Crippen LogP contribution in [0.3, 0.4) is 0 Å². The van der Waals surface area contributed by atoms with Crippen LogP contribution in [0.25, 0.3) is 0 Å². The molecule has 1 aromatic carbocycles. The standard InChI is InChI=1S/C9H11N3O4S2/c1-6-10-8-4-3-7(12-17(2,13)14)5-9(8)18(15,16)11-6/h3-5,10-12H,1H2,2H3. The predicted octanol–water partition coefficient (Wildman–Crippen LogP) is 0.233. The molecule has 1 aliphatic rings. The van der Waals surface area contributed by atoms with Crippen LogP contribution in [-0.2, 0) is 20.0 Å². The quantitative estimate of drug-likeness (QED) is 0.723. The molecule has 0 fully saturated rings. The molecular formula is C9H11N3O4S2. The summed E-state index contributed by atoms with van der Waals surface area (Å²) < 4.78 is 50.2. The molecule has 0 radical (unpaired) electrons. The van der Waals surface area contributed by atoms with Gasteiger partial charge in [-0.15, -0.1) is 0 Å². The highest BCUT2D eigenvalue weighted by molar-refractivity contribution is 7.92. The van der Waals surface area contributed by atoms with Crippen LogP contribution in [0.5, 0.6) is 0 Å². The van der Waals surface area contributed by atoms with Gasteiger partial charge in [0.25, 0.3) is 10.0 Å². The minimum absolute atomic E-state index is 0.0384. The Morgan fingerprint density at radius 2 is 2.00 bits per heavy atom. The van der Waals surface area contributed by atoms with Gasteiger partial charge in [-0.05, 0) is 18.2 Å². The fraction of sp³-hybridized carbons (Fsp3) is 0.111. The summed E-state index contributed by atoms with van der Waals surface area (Å²) in [6.07, 6.45) is 0.985. The van der Waals surface area contributed by atoms with Crippen LogP contribution in [0.2, 0.25) is 0 Å². The zero-order valence-corrected chi connectivity index (χ0v) is 11.0. The lowest BCUT2D eigenvalue weighted by Crippen LogP contribution is -2.32. The van der Waals surface area contributed by atoms with E-state index in [9.17, 15) is 16.8 Å². The van der Waals surface area contributed by atoms with Crippen molar-refractivity contribution in [2.24, 2.45) is 0 Å². The third-order valence-corrected chi connectivity index (χ3v) is 4.16. The summed E-state index contributed by atoms with van der Waals surface area (Å²) in [6, 6.07) is 4.16. The number of anilines is 2. The van der Waals surface area contributed by atoms with Crippen molar-refractivity contribution in [3.63, 3.8) is 0 Å². The molecule has 7 nitrogen and oxygen atoms in total. The highest BCUT2D eigenvalue weighted by Crippen LogP contribution is 2.29. The van der Waals surface area contributed by atoms with E-state index in [-0.39, 0.29) is 16.4 Å². The molecule has 18 heavy (non-hydrogen) atoms. The Morgan fingerprint density at radius 3 is 2.61 bits per heavy atom. The van der Waals surface area contributed by atoms with Gasteiger partial charge in [-0.3, -0.25) is 9.44 Å². The van der Waals surface area contributed by atoms with Gasteiger partial charge in [0.15, 0.2) is 0 Å².